The van der Waals surface area contributed by atoms with Crippen molar-refractivity contribution in [1.29, 1.82) is 0 Å². The normalized spacial score (nSPS) is 20.5. The number of hydrogen-bond acceptors (Lipinski definition) is 5. The maximum absolute atomic E-state index is 13.4. The van der Waals surface area contributed by atoms with Gasteiger partial charge in [0.2, 0.25) is 11.8 Å². The van der Waals surface area contributed by atoms with Crippen LogP contribution in [-0.4, -0.2) is 52.8 Å². The highest BCUT2D eigenvalue weighted by Gasteiger charge is 2.53. The molecule has 2 saturated heterocycles. The molecule has 35 heavy (non-hydrogen) atoms. The molecule has 7 heteroatoms. The van der Waals surface area contributed by atoms with E-state index in [0.29, 0.717) is 31.7 Å². The Morgan fingerprint density at radius 1 is 1.17 bits per heavy atom. The smallest absolute Gasteiger partial charge is 0.246 e. The van der Waals surface area contributed by atoms with Crippen LogP contribution in [0.5, 0.6) is 10.8 Å². The second-order valence-corrected chi connectivity index (χ2v) is 11.4. The molecule has 1 spiro atoms. The van der Waals surface area contributed by atoms with Gasteiger partial charge in [-0.2, -0.15) is 0 Å². The number of hydrogen-bond donors (Lipinski definition) is 1. The van der Waals surface area contributed by atoms with Gasteiger partial charge < -0.3 is 15.0 Å². The predicted octanol–water partition coefficient (Wildman–Crippen LogP) is 5.36. The van der Waals surface area contributed by atoms with Gasteiger partial charge in [-0.05, 0) is 73.2 Å². The number of rotatable bonds is 9. The maximum Gasteiger partial charge on any atom is 0.246 e. The Bertz CT molecular complexity index is 1010. The highest BCUT2D eigenvalue weighted by atomic mass is 32.1. The molecule has 190 valence electrons. The number of piperazine rings is 1. The third kappa shape index (κ3) is 5.89. The van der Waals surface area contributed by atoms with Crippen LogP contribution in [0.4, 0.5) is 0 Å². The second-order valence-electron chi connectivity index (χ2n) is 10.5. The third-order valence-corrected chi connectivity index (χ3v) is 8.11. The number of nitrogens with one attached hydrogen (secondary N) is 1. The average Bonchev–Trinajstić information content (AvgIpc) is 3.24. The topological polar surface area (TPSA) is 61.9 Å². The lowest BCUT2D eigenvalue weighted by molar-refractivity contribution is -0.161. The summed E-state index contributed by atoms with van der Waals surface area (Å²) in [7, 11) is 0. The molecule has 1 atom stereocenters. The highest BCUT2D eigenvalue weighted by Crippen LogP contribution is 2.35. The molecule has 3 heterocycles. The van der Waals surface area contributed by atoms with Crippen molar-refractivity contribution < 1.29 is 14.3 Å². The minimum Gasteiger partial charge on any atom is -0.447 e. The number of carbonyl (C=O) groups is 2. The Morgan fingerprint density at radius 2 is 1.89 bits per heavy atom. The van der Waals surface area contributed by atoms with Crippen molar-refractivity contribution in [1.82, 2.24) is 15.1 Å². The van der Waals surface area contributed by atoms with Gasteiger partial charge in [-0.1, -0.05) is 39.3 Å². The number of ether oxygens (including phenoxy) is 1. The lowest BCUT2D eigenvalue weighted by atomic mass is 9.80. The lowest BCUT2D eigenvalue weighted by Gasteiger charge is -2.52. The number of piperidine rings is 1. The van der Waals surface area contributed by atoms with Gasteiger partial charge in [-0.15, -0.1) is 11.3 Å². The van der Waals surface area contributed by atoms with E-state index < -0.39 is 5.54 Å². The average molecular weight is 498 g/mol. The number of unbranched alkanes of at least 4 members (excludes halogenated alkanes) is 1. The van der Waals surface area contributed by atoms with Gasteiger partial charge in [0, 0.05) is 26.2 Å². The summed E-state index contributed by atoms with van der Waals surface area (Å²) in [6.07, 6.45) is 4.00. The molecule has 6 nitrogen and oxygen atoms in total. The van der Waals surface area contributed by atoms with Gasteiger partial charge >= 0.3 is 0 Å². The van der Waals surface area contributed by atoms with Crippen molar-refractivity contribution in [2.24, 2.45) is 5.92 Å². The molecule has 2 aliphatic rings. The van der Waals surface area contributed by atoms with E-state index in [-0.39, 0.29) is 17.9 Å². The zero-order valence-electron chi connectivity index (χ0n) is 21.5. The van der Waals surface area contributed by atoms with Crippen LogP contribution < -0.4 is 10.1 Å². The molecule has 2 amide bonds. The van der Waals surface area contributed by atoms with Crippen molar-refractivity contribution in [3.63, 3.8) is 0 Å². The van der Waals surface area contributed by atoms with Crippen molar-refractivity contribution in [2.45, 2.75) is 77.9 Å². The van der Waals surface area contributed by atoms with Gasteiger partial charge in [0.1, 0.15) is 17.3 Å². The number of likely N-dealkylation sites (tertiary alicyclic amines) is 1. The van der Waals surface area contributed by atoms with Crippen LogP contribution in [0.2, 0.25) is 0 Å². The Hall–Kier alpha value is -2.38. The summed E-state index contributed by atoms with van der Waals surface area (Å²) in [6, 6.07) is 9.92. The fourth-order valence-corrected chi connectivity index (χ4v) is 5.99. The fourth-order valence-electron chi connectivity index (χ4n) is 5.22. The third-order valence-electron chi connectivity index (χ3n) is 7.19. The number of carbonyl (C=O) groups excluding carboxylic acids is 2. The van der Waals surface area contributed by atoms with Crippen molar-refractivity contribution in [3.05, 3.63) is 46.8 Å². The molecule has 1 aromatic heterocycles. The monoisotopic (exact) mass is 497 g/mol. The predicted molar refractivity (Wildman–Crippen MR) is 141 cm³/mol. The van der Waals surface area contributed by atoms with Crippen molar-refractivity contribution in [3.8, 4) is 10.8 Å². The number of thiophene rings is 1. The second kappa shape index (κ2) is 11.1. The zero-order valence-corrected chi connectivity index (χ0v) is 22.3. The Balaban J connectivity index is 1.38. The van der Waals surface area contributed by atoms with Gasteiger partial charge in [-0.3, -0.25) is 14.5 Å². The molecule has 0 unspecified atom stereocenters. The molecule has 0 saturated carbocycles. The summed E-state index contributed by atoms with van der Waals surface area (Å²) < 4.78 is 5.94. The number of amides is 2. The molecule has 2 fully saturated rings. The van der Waals surface area contributed by atoms with Crippen LogP contribution in [0.25, 0.3) is 0 Å². The molecular formula is C28H39N3O3S. The molecular weight excluding hydrogens is 458 g/mol. The van der Waals surface area contributed by atoms with E-state index in [1.165, 1.54) is 11.1 Å². The SMILES string of the molecule is CCCCN1C(=O)[C@H](CC(C)C)NC(=O)C12CCN(Cc1ccc(Oc3cc(C)cs3)cc1)CC2. The van der Waals surface area contributed by atoms with Crippen LogP contribution in [0.3, 0.4) is 0 Å². The molecule has 1 N–H and O–H groups in total. The van der Waals surface area contributed by atoms with E-state index in [2.05, 4.69) is 55.4 Å². The van der Waals surface area contributed by atoms with Gasteiger partial charge in [0.25, 0.3) is 0 Å². The summed E-state index contributed by atoms with van der Waals surface area (Å²) in [4.78, 5) is 31.1. The molecule has 2 aliphatic heterocycles. The molecule has 0 aliphatic carbocycles. The summed E-state index contributed by atoms with van der Waals surface area (Å²) in [5, 5.41) is 6.08. The molecule has 0 bridgehead atoms. The Labute approximate surface area is 213 Å². The lowest BCUT2D eigenvalue weighted by Crippen LogP contribution is -2.73. The van der Waals surface area contributed by atoms with Gasteiger partial charge in [-0.25, -0.2) is 0 Å². The van der Waals surface area contributed by atoms with Crippen molar-refractivity contribution in [2.75, 3.05) is 19.6 Å². The number of benzene rings is 1. The van der Waals surface area contributed by atoms with Crippen LogP contribution in [-0.2, 0) is 16.1 Å². The van der Waals surface area contributed by atoms with Gasteiger partial charge in [0.05, 0.1) is 0 Å². The molecule has 1 aromatic carbocycles. The first-order chi connectivity index (χ1) is 16.8. The Morgan fingerprint density at radius 3 is 2.49 bits per heavy atom. The summed E-state index contributed by atoms with van der Waals surface area (Å²) >= 11 is 1.60. The molecule has 0 radical (unpaired) electrons. The van der Waals surface area contributed by atoms with Crippen LogP contribution >= 0.6 is 11.3 Å². The number of aryl methyl sites for hydroxylation is 1. The maximum atomic E-state index is 13.4. The summed E-state index contributed by atoms with van der Waals surface area (Å²) in [6.45, 7) is 11.5. The number of nitrogens with zero attached hydrogens (tertiary/aromatic N) is 2. The van der Waals surface area contributed by atoms with E-state index in [4.69, 9.17) is 4.74 Å². The first-order valence-electron chi connectivity index (χ1n) is 13.0. The van der Waals surface area contributed by atoms with E-state index in [9.17, 15) is 9.59 Å². The highest BCUT2D eigenvalue weighted by molar-refractivity contribution is 7.12. The first kappa shape index (κ1) is 25.7. The van der Waals surface area contributed by atoms with Crippen LogP contribution in [0, 0.1) is 12.8 Å². The quantitative estimate of drug-likeness (QED) is 0.507. The van der Waals surface area contributed by atoms with E-state index in [1.54, 1.807) is 11.3 Å². The summed E-state index contributed by atoms with van der Waals surface area (Å²) in [5.41, 5.74) is 1.73. The van der Waals surface area contributed by atoms with E-state index in [0.717, 1.165) is 43.3 Å². The fraction of sp³-hybridized carbons (Fsp3) is 0.571. The van der Waals surface area contributed by atoms with Gasteiger partial charge in [0.15, 0.2) is 5.06 Å². The van der Waals surface area contributed by atoms with E-state index in [1.807, 2.05) is 23.1 Å². The minimum absolute atomic E-state index is 0.0452. The minimum atomic E-state index is -0.702. The Kier molecular flexibility index (Phi) is 8.17. The summed E-state index contributed by atoms with van der Waals surface area (Å²) in [5.74, 6) is 1.35. The molecule has 4 rings (SSSR count). The van der Waals surface area contributed by atoms with Crippen LogP contribution in [0.15, 0.2) is 35.7 Å². The zero-order chi connectivity index (χ0) is 25.0. The first-order valence-corrected chi connectivity index (χ1v) is 13.9. The van der Waals surface area contributed by atoms with E-state index >= 15 is 0 Å². The van der Waals surface area contributed by atoms with Crippen LogP contribution in [0.1, 0.15) is 64.0 Å². The van der Waals surface area contributed by atoms with Crippen molar-refractivity contribution >= 4 is 23.2 Å². The molecule has 2 aromatic rings. The largest absolute Gasteiger partial charge is 0.447 e. The standard InChI is InChI=1S/C28H39N3O3S/c1-5-6-13-31-26(32)24(16-20(2)3)29-27(33)28(31)11-14-30(15-12-28)18-22-7-9-23(10-8-22)34-25-17-21(4)19-35-25/h7-10,17,19-20,24H,5-6,11-16,18H2,1-4H3,(H,29,33)/t24-/m0/s1.